The fourth-order valence-corrected chi connectivity index (χ4v) is 5.52. The number of hydrogen-bond acceptors (Lipinski definition) is 4. The van der Waals surface area contributed by atoms with Crippen LogP contribution >= 0.6 is 11.3 Å². The van der Waals surface area contributed by atoms with Gasteiger partial charge in [-0.05, 0) is 59.3 Å². The number of halogens is 1. The molecule has 0 bridgehead atoms. The highest BCUT2D eigenvalue weighted by Crippen LogP contribution is 2.42. The van der Waals surface area contributed by atoms with Crippen LogP contribution in [0.3, 0.4) is 0 Å². The van der Waals surface area contributed by atoms with Crippen molar-refractivity contribution in [3.8, 4) is 11.3 Å². The minimum atomic E-state index is -0.337. The Balaban J connectivity index is 1.57. The summed E-state index contributed by atoms with van der Waals surface area (Å²) in [5.74, 6) is -0.447. The molecular formula is C32H21FN2OS. The lowest BCUT2D eigenvalue weighted by molar-refractivity contribution is 0.104. The maximum atomic E-state index is 14.1. The van der Waals surface area contributed by atoms with Gasteiger partial charge in [-0.2, -0.15) is 0 Å². The summed E-state index contributed by atoms with van der Waals surface area (Å²) in [4.78, 5) is 21.6. The Hall–Kier alpha value is -4.61. The van der Waals surface area contributed by atoms with Gasteiger partial charge in [0, 0.05) is 22.5 Å². The first-order chi connectivity index (χ1) is 18.2. The molecule has 0 saturated heterocycles. The van der Waals surface area contributed by atoms with Gasteiger partial charge in [0.1, 0.15) is 10.7 Å². The fraction of sp³-hybridized carbons (Fsp3) is 0. The van der Waals surface area contributed by atoms with E-state index in [2.05, 4.69) is 0 Å². The van der Waals surface area contributed by atoms with Crippen molar-refractivity contribution in [2.75, 3.05) is 4.90 Å². The molecule has 0 amide bonds. The third-order valence-corrected chi connectivity index (χ3v) is 7.23. The summed E-state index contributed by atoms with van der Waals surface area (Å²) < 4.78 is 13.8. The van der Waals surface area contributed by atoms with Crippen LogP contribution < -0.4 is 4.90 Å². The van der Waals surface area contributed by atoms with Gasteiger partial charge in [-0.3, -0.25) is 9.69 Å². The zero-order chi connectivity index (χ0) is 25.2. The van der Waals surface area contributed by atoms with E-state index in [9.17, 15) is 9.18 Å². The molecule has 0 aliphatic heterocycles. The van der Waals surface area contributed by atoms with Gasteiger partial charge < -0.3 is 0 Å². The SMILES string of the molecule is O=C(c1sc(N(c2ccccc2)c2ccccc2)nc1-c1ccc(F)cc1)c1cccc2ccccc12. The second-order valence-corrected chi connectivity index (χ2v) is 9.52. The molecule has 0 radical (unpaired) electrons. The molecule has 5 aromatic carbocycles. The van der Waals surface area contributed by atoms with Crippen molar-refractivity contribution >= 4 is 44.4 Å². The van der Waals surface area contributed by atoms with E-state index in [0.29, 0.717) is 26.8 Å². The Morgan fingerprint density at radius 3 is 1.95 bits per heavy atom. The molecule has 0 aliphatic rings. The number of fused-ring (bicyclic) bond motifs is 1. The van der Waals surface area contributed by atoms with E-state index in [1.54, 1.807) is 12.1 Å². The smallest absolute Gasteiger partial charge is 0.205 e. The molecule has 0 atom stereocenters. The summed E-state index contributed by atoms with van der Waals surface area (Å²) in [6.45, 7) is 0. The topological polar surface area (TPSA) is 33.2 Å². The van der Waals surface area contributed by atoms with Crippen LogP contribution in [-0.2, 0) is 0 Å². The van der Waals surface area contributed by atoms with Crippen molar-refractivity contribution in [1.82, 2.24) is 4.98 Å². The molecule has 3 nitrogen and oxygen atoms in total. The monoisotopic (exact) mass is 500 g/mol. The van der Waals surface area contributed by atoms with Crippen molar-refractivity contribution in [2.45, 2.75) is 0 Å². The summed E-state index contributed by atoms with van der Waals surface area (Å²) in [6.07, 6.45) is 0. The molecule has 6 aromatic rings. The third-order valence-electron chi connectivity index (χ3n) is 6.19. The number of rotatable bonds is 6. The van der Waals surface area contributed by atoms with Crippen LogP contribution in [0.5, 0.6) is 0 Å². The maximum Gasteiger partial charge on any atom is 0.205 e. The van der Waals surface area contributed by atoms with E-state index in [4.69, 9.17) is 4.98 Å². The number of aromatic nitrogens is 1. The molecule has 0 aliphatic carbocycles. The molecule has 1 aromatic heterocycles. The number of ketones is 1. The Kier molecular flexibility index (Phi) is 6.05. The van der Waals surface area contributed by atoms with Crippen LogP contribution in [0.4, 0.5) is 20.9 Å². The average Bonchev–Trinajstić information content (AvgIpc) is 3.39. The predicted molar refractivity (Wildman–Crippen MR) is 150 cm³/mol. The summed E-state index contributed by atoms with van der Waals surface area (Å²) in [7, 11) is 0. The Morgan fingerprint density at radius 1 is 0.676 bits per heavy atom. The summed E-state index contributed by atoms with van der Waals surface area (Å²) in [5, 5.41) is 2.54. The average molecular weight is 501 g/mol. The zero-order valence-electron chi connectivity index (χ0n) is 19.7. The number of hydrogen-bond donors (Lipinski definition) is 0. The van der Waals surface area contributed by atoms with E-state index in [1.165, 1.54) is 23.5 Å². The second kappa shape index (κ2) is 9.80. The molecule has 37 heavy (non-hydrogen) atoms. The van der Waals surface area contributed by atoms with Crippen LogP contribution in [0, 0.1) is 5.82 Å². The maximum absolute atomic E-state index is 14.1. The zero-order valence-corrected chi connectivity index (χ0v) is 20.5. The summed E-state index contributed by atoms with van der Waals surface area (Å²) in [5.41, 5.74) is 3.69. The highest BCUT2D eigenvalue weighted by molar-refractivity contribution is 7.18. The summed E-state index contributed by atoms with van der Waals surface area (Å²) >= 11 is 1.34. The minimum Gasteiger partial charge on any atom is -0.288 e. The standard InChI is InChI=1S/C32H21FN2OS/c33-24-20-18-23(19-21-24)29-31(30(36)28-17-9-11-22-10-7-8-16-27(22)28)37-32(34-29)35(25-12-3-1-4-13-25)26-14-5-2-6-15-26/h1-21H. The van der Waals surface area contributed by atoms with Crippen molar-refractivity contribution in [2.24, 2.45) is 0 Å². The molecule has 0 fully saturated rings. The molecule has 6 rings (SSSR count). The van der Waals surface area contributed by atoms with Gasteiger partial charge in [0.15, 0.2) is 5.13 Å². The lowest BCUT2D eigenvalue weighted by atomic mass is 9.99. The minimum absolute atomic E-state index is 0.110. The van der Waals surface area contributed by atoms with Crippen molar-refractivity contribution in [1.29, 1.82) is 0 Å². The highest BCUT2D eigenvalue weighted by atomic mass is 32.1. The van der Waals surface area contributed by atoms with E-state index >= 15 is 0 Å². The van der Waals surface area contributed by atoms with Crippen molar-refractivity contribution in [3.63, 3.8) is 0 Å². The van der Waals surface area contributed by atoms with Crippen LogP contribution in [0.15, 0.2) is 127 Å². The van der Waals surface area contributed by atoms with Crippen molar-refractivity contribution < 1.29 is 9.18 Å². The number of benzene rings is 5. The second-order valence-electron chi connectivity index (χ2n) is 8.54. The number of thiazole rings is 1. The van der Waals surface area contributed by atoms with Crippen LogP contribution in [0.2, 0.25) is 0 Å². The van der Waals surface area contributed by atoms with Crippen molar-refractivity contribution in [3.05, 3.63) is 144 Å². The molecule has 178 valence electrons. The number of para-hydroxylation sites is 2. The van der Waals surface area contributed by atoms with Gasteiger partial charge in [-0.25, -0.2) is 9.37 Å². The number of carbonyl (C=O) groups is 1. The highest BCUT2D eigenvalue weighted by Gasteiger charge is 2.26. The van der Waals surface area contributed by atoms with Crippen LogP contribution in [0.1, 0.15) is 15.2 Å². The molecule has 0 spiro atoms. The van der Waals surface area contributed by atoms with E-state index < -0.39 is 0 Å². The van der Waals surface area contributed by atoms with Gasteiger partial charge in [-0.15, -0.1) is 0 Å². The molecule has 5 heteroatoms. The largest absolute Gasteiger partial charge is 0.288 e. The Bertz CT molecular complexity index is 1650. The molecule has 1 heterocycles. The van der Waals surface area contributed by atoms with E-state index in [0.717, 1.165) is 22.1 Å². The van der Waals surface area contributed by atoms with Gasteiger partial charge in [0.2, 0.25) is 5.78 Å². The summed E-state index contributed by atoms with van der Waals surface area (Å²) in [6, 6.07) is 39.6. The Morgan fingerprint density at radius 2 is 1.27 bits per heavy atom. The van der Waals surface area contributed by atoms with Crippen LogP contribution in [0.25, 0.3) is 22.0 Å². The normalized spacial score (nSPS) is 10.9. The Labute approximate surface area is 218 Å². The number of carbonyl (C=O) groups excluding carboxylic acids is 1. The molecule has 0 unspecified atom stereocenters. The fourth-order valence-electron chi connectivity index (χ4n) is 4.43. The molecular weight excluding hydrogens is 479 g/mol. The molecule has 0 N–H and O–H groups in total. The van der Waals surface area contributed by atoms with Gasteiger partial charge >= 0.3 is 0 Å². The predicted octanol–water partition coefficient (Wildman–Crippen LogP) is 8.80. The van der Waals surface area contributed by atoms with Gasteiger partial charge in [0.05, 0.1) is 5.69 Å². The first-order valence-electron chi connectivity index (χ1n) is 11.9. The number of nitrogens with zero attached hydrogens (tertiary/aromatic N) is 2. The van der Waals surface area contributed by atoms with Gasteiger partial charge in [-0.1, -0.05) is 90.2 Å². The third kappa shape index (κ3) is 4.41. The first-order valence-corrected chi connectivity index (χ1v) is 12.7. The first kappa shape index (κ1) is 22.8. The number of anilines is 3. The molecule has 0 saturated carbocycles. The lowest BCUT2D eigenvalue weighted by Crippen LogP contribution is -2.09. The van der Waals surface area contributed by atoms with E-state index in [1.807, 2.05) is 108 Å². The van der Waals surface area contributed by atoms with E-state index in [-0.39, 0.29) is 11.6 Å². The lowest BCUT2D eigenvalue weighted by Gasteiger charge is -2.22. The van der Waals surface area contributed by atoms with Crippen LogP contribution in [-0.4, -0.2) is 10.8 Å². The van der Waals surface area contributed by atoms with Gasteiger partial charge in [0.25, 0.3) is 0 Å². The quantitative estimate of drug-likeness (QED) is 0.214.